The summed E-state index contributed by atoms with van der Waals surface area (Å²) in [4.78, 5) is 34.1. The molecule has 2 aromatic heterocycles. The minimum Gasteiger partial charge on any atom is -0.335 e. The van der Waals surface area contributed by atoms with Gasteiger partial charge in [-0.1, -0.05) is 20.8 Å². The molecule has 1 aliphatic heterocycles. The number of hydrogen-bond donors (Lipinski definition) is 1. The quantitative estimate of drug-likeness (QED) is 0.555. The Bertz CT molecular complexity index is 1130. The van der Waals surface area contributed by atoms with Crippen molar-refractivity contribution in [3.8, 4) is 6.19 Å². The number of nitrogens with one attached hydrogen (secondary N) is 1. The van der Waals surface area contributed by atoms with Crippen molar-refractivity contribution in [3.05, 3.63) is 31.3 Å². The van der Waals surface area contributed by atoms with Crippen molar-refractivity contribution in [2.24, 2.45) is 10.4 Å². The molecule has 0 saturated heterocycles. The highest BCUT2D eigenvalue weighted by Gasteiger charge is 2.25. The average Bonchev–Trinajstić information content (AvgIpc) is 3.23. The van der Waals surface area contributed by atoms with E-state index in [1.54, 1.807) is 0 Å². The fraction of sp³-hybridized carbons (Fsp3) is 0.600. The lowest BCUT2D eigenvalue weighted by molar-refractivity contribution is 0.326. The Labute approximate surface area is 178 Å². The van der Waals surface area contributed by atoms with Crippen molar-refractivity contribution >= 4 is 27.5 Å². The molecule has 10 heteroatoms. The van der Waals surface area contributed by atoms with Crippen LogP contribution in [0.1, 0.15) is 37.6 Å². The van der Waals surface area contributed by atoms with Gasteiger partial charge in [-0.25, -0.2) is 4.79 Å². The second kappa shape index (κ2) is 8.60. The second-order valence-electron chi connectivity index (χ2n) is 8.62. The Hall–Kier alpha value is -2.67. The van der Waals surface area contributed by atoms with Crippen molar-refractivity contribution < 1.29 is 4.39 Å². The molecule has 0 spiro atoms. The third-order valence-corrected chi connectivity index (χ3v) is 6.27. The van der Waals surface area contributed by atoms with E-state index in [1.807, 2.05) is 38.8 Å². The molecule has 1 N–H and O–H groups in total. The van der Waals surface area contributed by atoms with Crippen LogP contribution in [-0.4, -0.2) is 39.8 Å². The lowest BCUT2D eigenvalue weighted by Crippen LogP contribution is -2.42. The van der Waals surface area contributed by atoms with E-state index in [0.717, 1.165) is 10.4 Å². The van der Waals surface area contributed by atoms with Gasteiger partial charge in [0.1, 0.15) is 4.83 Å². The van der Waals surface area contributed by atoms with Gasteiger partial charge < -0.3 is 4.90 Å². The normalized spacial score (nSPS) is 14.3. The van der Waals surface area contributed by atoms with E-state index >= 15 is 0 Å². The molecule has 0 saturated carbocycles. The topological polar surface area (TPSA) is 95.4 Å². The molecule has 0 aromatic carbocycles. The number of halogens is 1. The fourth-order valence-corrected chi connectivity index (χ4v) is 4.93. The SMILES string of the molecule is Cc1c(CN2CCN=C2NC#N)sc2c1c(=O)n(CC(C)(C)C)c(=O)n2CCCF. The molecule has 3 rings (SSSR count). The largest absolute Gasteiger partial charge is 0.335 e. The molecule has 0 atom stereocenters. The van der Waals surface area contributed by atoms with E-state index < -0.39 is 12.4 Å². The summed E-state index contributed by atoms with van der Waals surface area (Å²) in [6.45, 7) is 9.51. The Morgan fingerprint density at radius 3 is 2.67 bits per heavy atom. The highest BCUT2D eigenvalue weighted by Crippen LogP contribution is 2.30. The predicted molar refractivity (Wildman–Crippen MR) is 117 cm³/mol. The number of aryl methyl sites for hydroxylation is 2. The van der Waals surface area contributed by atoms with Crippen molar-refractivity contribution in [1.82, 2.24) is 19.4 Å². The minimum atomic E-state index is -0.531. The molecular weight excluding hydrogens is 407 g/mol. The molecule has 0 aliphatic carbocycles. The summed E-state index contributed by atoms with van der Waals surface area (Å²) in [7, 11) is 0. The molecule has 0 fully saturated rings. The number of nitrogens with zero attached hydrogens (tertiary/aromatic N) is 5. The van der Waals surface area contributed by atoms with E-state index in [4.69, 9.17) is 5.26 Å². The van der Waals surface area contributed by atoms with E-state index in [1.165, 1.54) is 20.5 Å². The monoisotopic (exact) mass is 434 g/mol. The first-order valence-corrected chi connectivity index (χ1v) is 10.8. The molecular formula is C20H27FN6O2S. The van der Waals surface area contributed by atoms with Gasteiger partial charge in [-0.2, -0.15) is 5.26 Å². The number of aliphatic imine (C=N–C) groups is 1. The number of alkyl halides is 1. The highest BCUT2D eigenvalue weighted by molar-refractivity contribution is 7.18. The Balaban J connectivity index is 2.15. The van der Waals surface area contributed by atoms with E-state index in [-0.39, 0.29) is 30.5 Å². The number of nitriles is 1. The zero-order valence-electron chi connectivity index (χ0n) is 17.8. The second-order valence-corrected chi connectivity index (χ2v) is 9.71. The number of aromatic nitrogens is 2. The van der Waals surface area contributed by atoms with E-state index in [0.29, 0.717) is 35.8 Å². The Kier molecular flexibility index (Phi) is 6.31. The highest BCUT2D eigenvalue weighted by atomic mass is 32.1. The average molecular weight is 435 g/mol. The summed E-state index contributed by atoms with van der Waals surface area (Å²) in [5.41, 5.74) is -0.129. The van der Waals surface area contributed by atoms with Crippen molar-refractivity contribution in [1.29, 1.82) is 5.26 Å². The van der Waals surface area contributed by atoms with Crippen LogP contribution in [0.3, 0.4) is 0 Å². The number of thiophene rings is 1. The molecule has 3 heterocycles. The van der Waals surface area contributed by atoms with Crippen molar-refractivity contribution in [3.63, 3.8) is 0 Å². The third-order valence-electron chi connectivity index (χ3n) is 4.97. The van der Waals surface area contributed by atoms with E-state index in [9.17, 15) is 14.0 Å². The first-order valence-electron chi connectivity index (χ1n) is 9.94. The maximum atomic E-state index is 13.3. The summed E-state index contributed by atoms with van der Waals surface area (Å²) in [6, 6.07) is 0. The van der Waals surface area contributed by atoms with Gasteiger partial charge in [0, 0.05) is 24.5 Å². The molecule has 2 aromatic rings. The van der Waals surface area contributed by atoms with Gasteiger partial charge >= 0.3 is 5.69 Å². The molecule has 0 unspecified atom stereocenters. The molecule has 0 radical (unpaired) electrons. The number of guanidine groups is 1. The Morgan fingerprint density at radius 2 is 2.03 bits per heavy atom. The predicted octanol–water partition coefficient (Wildman–Crippen LogP) is 2.18. The molecule has 8 nitrogen and oxygen atoms in total. The lowest BCUT2D eigenvalue weighted by Gasteiger charge is -2.20. The van der Waals surface area contributed by atoms with Gasteiger partial charge in [0.05, 0.1) is 25.2 Å². The Morgan fingerprint density at radius 1 is 1.30 bits per heavy atom. The van der Waals surface area contributed by atoms with E-state index in [2.05, 4.69) is 10.3 Å². The van der Waals surface area contributed by atoms with Crippen LogP contribution in [0.4, 0.5) is 4.39 Å². The van der Waals surface area contributed by atoms with Gasteiger partial charge in [0.15, 0.2) is 6.19 Å². The van der Waals surface area contributed by atoms with Crippen molar-refractivity contribution in [2.45, 2.75) is 53.8 Å². The number of rotatable bonds is 6. The molecule has 0 bridgehead atoms. The lowest BCUT2D eigenvalue weighted by atomic mass is 9.97. The first kappa shape index (κ1) is 22.0. The van der Waals surface area contributed by atoms with Crippen LogP contribution in [-0.2, 0) is 19.6 Å². The summed E-state index contributed by atoms with van der Waals surface area (Å²) in [6.07, 6.45) is 2.10. The molecule has 30 heavy (non-hydrogen) atoms. The van der Waals surface area contributed by atoms with Gasteiger partial charge in [0.2, 0.25) is 5.96 Å². The minimum absolute atomic E-state index is 0.212. The number of hydrogen-bond acceptors (Lipinski definition) is 7. The first-order chi connectivity index (χ1) is 14.2. The summed E-state index contributed by atoms with van der Waals surface area (Å²) < 4.78 is 15.7. The van der Waals surface area contributed by atoms with Crippen LogP contribution >= 0.6 is 11.3 Å². The fourth-order valence-electron chi connectivity index (χ4n) is 3.60. The van der Waals surface area contributed by atoms with Crippen LogP contribution in [0, 0.1) is 23.8 Å². The van der Waals surface area contributed by atoms with Gasteiger partial charge in [-0.05, 0) is 24.3 Å². The summed E-state index contributed by atoms with van der Waals surface area (Å²) >= 11 is 1.38. The smallest absolute Gasteiger partial charge is 0.332 e. The third kappa shape index (κ3) is 4.26. The van der Waals surface area contributed by atoms with Gasteiger partial charge in [-0.15, -0.1) is 11.3 Å². The number of fused-ring (bicyclic) bond motifs is 1. The zero-order chi connectivity index (χ0) is 22.1. The van der Waals surface area contributed by atoms with Crippen LogP contribution in [0.25, 0.3) is 10.2 Å². The van der Waals surface area contributed by atoms with Crippen LogP contribution in [0.5, 0.6) is 0 Å². The van der Waals surface area contributed by atoms with Crippen LogP contribution in [0.15, 0.2) is 14.6 Å². The standard InChI is InChI=1S/C20H27FN6O2S/c1-13-14(10-25-9-7-23-18(25)24-12-22)30-17-15(13)16(28)27(11-20(2,3)4)19(29)26(17)8-5-6-21/h5-11H2,1-4H3,(H,23,24). The van der Waals surface area contributed by atoms with Crippen LogP contribution in [0.2, 0.25) is 0 Å². The van der Waals surface area contributed by atoms with Gasteiger partial charge in [0.25, 0.3) is 5.56 Å². The van der Waals surface area contributed by atoms with Crippen molar-refractivity contribution in [2.75, 3.05) is 19.8 Å². The summed E-state index contributed by atoms with van der Waals surface area (Å²) in [5.74, 6) is 0.509. The summed E-state index contributed by atoms with van der Waals surface area (Å²) in [5, 5.41) is 12.0. The molecule has 1 aliphatic rings. The molecule has 0 amide bonds. The zero-order valence-corrected chi connectivity index (χ0v) is 18.6. The maximum Gasteiger partial charge on any atom is 0.332 e. The van der Waals surface area contributed by atoms with Gasteiger partial charge in [-0.3, -0.25) is 28.6 Å². The van der Waals surface area contributed by atoms with Crippen LogP contribution < -0.4 is 16.6 Å². The molecule has 162 valence electrons. The maximum absolute atomic E-state index is 13.3.